The van der Waals surface area contributed by atoms with Crippen LogP contribution in [-0.4, -0.2) is 10.1 Å². The van der Waals surface area contributed by atoms with Gasteiger partial charge in [0.15, 0.2) is 0 Å². The summed E-state index contributed by atoms with van der Waals surface area (Å²) in [6, 6.07) is 8.70. The second-order valence-corrected chi connectivity index (χ2v) is 4.96. The number of fused-ring (bicyclic) bond motifs is 1. The van der Waals surface area contributed by atoms with E-state index in [1.807, 2.05) is 18.2 Å². The van der Waals surface area contributed by atoms with Crippen molar-refractivity contribution in [3.05, 3.63) is 64.3 Å². The molecule has 0 aliphatic carbocycles. The lowest BCUT2D eigenvalue weighted by atomic mass is 10.1. The normalized spacial score (nSPS) is 12.8. The number of hydrogen-bond acceptors (Lipinski definition) is 3. The van der Waals surface area contributed by atoms with Gasteiger partial charge in [-0.15, -0.1) is 0 Å². The zero-order chi connectivity index (χ0) is 13.4. The molecular formula is C14H9BrFNO2. The number of halogens is 2. The van der Waals surface area contributed by atoms with Gasteiger partial charge in [0.05, 0.1) is 10.7 Å². The van der Waals surface area contributed by atoms with Crippen molar-refractivity contribution in [2.45, 2.75) is 6.10 Å². The summed E-state index contributed by atoms with van der Waals surface area (Å²) >= 11 is 3.37. The zero-order valence-corrected chi connectivity index (χ0v) is 11.3. The van der Waals surface area contributed by atoms with E-state index in [0.29, 0.717) is 11.3 Å². The highest BCUT2D eigenvalue weighted by molar-refractivity contribution is 9.10. The number of benzene rings is 1. The number of aliphatic hydroxyl groups is 1. The fourth-order valence-electron chi connectivity index (χ4n) is 1.94. The van der Waals surface area contributed by atoms with E-state index < -0.39 is 11.9 Å². The van der Waals surface area contributed by atoms with Crippen LogP contribution in [0.1, 0.15) is 17.4 Å². The molecule has 96 valence electrons. The molecule has 0 amide bonds. The topological polar surface area (TPSA) is 46.3 Å². The molecule has 0 saturated carbocycles. The molecule has 2 aromatic heterocycles. The van der Waals surface area contributed by atoms with E-state index in [9.17, 15) is 9.50 Å². The van der Waals surface area contributed by atoms with Gasteiger partial charge in [0, 0.05) is 17.1 Å². The van der Waals surface area contributed by atoms with E-state index in [4.69, 9.17) is 4.42 Å². The number of pyridine rings is 1. The van der Waals surface area contributed by atoms with E-state index in [-0.39, 0.29) is 5.56 Å². The van der Waals surface area contributed by atoms with Gasteiger partial charge in [0.25, 0.3) is 0 Å². The molecule has 5 heteroatoms. The Morgan fingerprint density at radius 2 is 2.16 bits per heavy atom. The Morgan fingerprint density at radius 3 is 2.89 bits per heavy atom. The van der Waals surface area contributed by atoms with Crippen LogP contribution in [0.3, 0.4) is 0 Å². The molecule has 0 bridgehead atoms. The van der Waals surface area contributed by atoms with Gasteiger partial charge in [-0.1, -0.05) is 12.1 Å². The summed E-state index contributed by atoms with van der Waals surface area (Å²) in [6.45, 7) is 0. The number of nitrogens with zero attached hydrogens (tertiary/aromatic N) is 1. The van der Waals surface area contributed by atoms with E-state index >= 15 is 0 Å². The quantitative estimate of drug-likeness (QED) is 0.780. The van der Waals surface area contributed by atoms with Crippen LogP contribution in [0.5, 0.6) is 0 Å². The Morgan fingerprint density at radius 1 is 1.32 bits per heavy atom. The first kappa shape index (κ1) is 12.3. The standard InChI is InChI=1S/C14H9BrFNO2/c15-10-3-1-2-8-6-12(19-14(8)10)13(18)9-4-5-17-7-11(9)16/h1-7,13,18H. The first-order chi connectivity index (χ1) is 9.16. The highest BCUT2D eigenvalue weighted by atomic mass is 79.9. The third-order valence-electron chi connectivity index (χ3n) is 2.88. The predicted molar refractivity (Wildman–Crippen MR) is 72.2 cm³/mol. The molecule has 3 rings (SSSR count). The monoisotopic (exact) mass is 321 g/mol. The van der Waals surface area contributed by atoms with Crippen LogP contribution in [0.4, 0.5) is 4.39 Å². The van der Waals surface area contributed by atoms with Crippen LogP contribution in [0, 0.1) is 5.82 Å². The lowest BCUT2D eigenvalue weighted by Gasteiger charge is -2.08. The molecule has 0 radical (unpaired) electrons. The molecule has 1 atom stereocenters. The van der Waals surface area contributed by atoms with Crippen LogP contribution < -0.4 is 0 Å². The van der Waals surface area contributed by atoms with Crippen LogP contribution in [0.2, 0.25) is 0 Å². The summed E-state index contributed by atoms with van der Waals surface area (Å²) in [6.07, 6.45) is 1.35. The van der Waals surface area contributed by atoms with Crippen LogP contribution in [-0.2, 0) is 0 Å². The highest BCUT2D eigenvalue weighted by Gasteiger charge is 2.19. The number of hydrogen-bond donors (Lipinski definition) is 1. The molecule has 0 aliphatic rings. The number of furan rings is 1. The van der Waals surface area contributed by atoms with E-state index in [1.54, 1.807) is 6.07 Å². The Hall–Kier alpha value is -1.72. The molecule has 0 saturated heterocycles. The van der Waals surface area contributed by atoms with Gasteiger partial charge in [0.1, 0.15) is 23.3 Å². The summed E-state index contributed by atoms with van der Waals surface area (Å²) < 4.78 is 20.0. The smallest absolute Gasteiger partial charge is 0.148 e. The molecule has 1 N–H and O–H groups in total. The average molecular weight is 322 g/mol. The second kappa shape index (κ2) is 4.75. The fraction of sp³-hybridized carbons (Fsp3) is 0.0714. The summed E-state index contributed by atoms with van der Waals surface area (Å²) in [7, 11) is 0. The van der Waals surface area contributed by atoms with Crippen LogP contribution >= 0.6 is 15.9 Å². The zero-order valence-electron chi connectivity index (χ0n) is 9.68. The lowest BCUT2D eigenvalue weighted by Crippen LogP contribution is -2.01. The van der Waals surface area contributed by atoms with Gasteiger partial charge in [-0.3, -0.25) is 4.98 Å². The Balaban J connectivity index is 2.10. The van der Waals surface area contributed by atoms with Crippen molar-refractivity contribution in [2.24, 2.45) is 0 Å². The fourth-order valence-corrected chi connectivity index (χ4v) is 2.41. The highest BCUT2D eigenvalue weighted by Crippen LogP contribution is 2.32. The molecule has 3 nitrogen and oxygen atoms in total. The minimum absolute atomic E-state index is 0.144. The van der Waals surface area contributed by atoms with Gasteiger partial charge in [-0.25, -0.2) is 4.39 Å². The maximum atomic E-state index is 13.6. The molecule has 0 spiro atoms. The largest absolute Gasteiger partial charge is 0.457 e. The summed E-state index contributed by atoms with van der Waals surface area (Å²) in [5, 5.41) is 11.0. The minimum Gasteiger partial charge on any atom is -0.457 e. The van der Waals surface area contributed by atoms with Crippen molar-refractivity contribution in [3.63, 3.8) is 0 Å². The van der Waals surface area contributed by atoms with Gasteiger partial charge >= 0.3 is 0 Å². The van der Waals surface area contributed by atoms with Gasteiger partial charge < -0.3 is 9.52 Å². The third kappa shape index (κ3) is 2.15. The maximum absolute atomic E-state index is 13.6. The number of aromatic nitrogens is 1. The first-order valence-electron chi connectivity index (χ1n) is 5.62. The number of aliphatic hydroxyl groups excluding tert-OH is 1. The molecular weight excluding hydrogens is 313 g/mol. The minimum atomic E-state index is -1.15. The molecule has 1 unspecified atom stereocenters. The second-order valence-electron chi connectivity index (χ2n) is 4.11. The van der Waals surface area contributed by atoms with Crippen molar-refractivity contribution in [3.8, 4) is 0 Å². The molecule has 0 aliphatic heterocycles. The third-order valence-corrected chi connectivity index (χ3v) is 3.51. The number of para-hydroxylation sites is 1. The molecule has 19 heavy (non-hydrogen) atoms. The average Bonchev–Trinajstić information content (AvgIpc) is 2.84. The van der Waals surface area contributed by atoms with Crippen molar-refractivity contribution < 1.29 is 13.9 Å². The van der Waals surface area contributed by atoms with E-state index in [0.717, 1.165) is 16.1 Å². The van der Waals surface area contributed by atoms with Crippen LogP contribution in [0.15, 0.2) is 51.6 Å². The number of rotatable bonds is 2. The van der Waals surface area contributed by atoms with Crippen molar-refractivity contribution >= 4 is 26.9 Å². The summed E-state index contributed by atoms with van der Waals surface area (Å²) in [5.74, 6) is -0.262. The maximum Gasteiger partial charge on any atom is 0.148 e. The Kier molecular flexibility index (Phi) is 3.08. The first-order valence-corrected chi connectivity index (χ1v) is 6.41. The summed E-state index contributed by atoms with van der Waals surface area (Å²) in [5.41, 5.74) is 0.774. The van der Waals surface area contributed by atoms with Gasteiger partial charge in [0.2, 0.25) is 0 Å². The van der Waals surface area contributed by atoms with Crippen molar-refractivity contribution in [1.82, 2.24) is 4.98 Å². The Bertz CT molecular complexity index is 741. The van der Waals surface area contributed by atoms with Gasteiger partial charge in [-0.2, -0.15) is 0 Å². The van der Waals surface area contributed by atoms with Gasteiger partial charge in [-0.05, 0) is 34.1 Å². The van der Waals surface area contributed by atoms with Crippen LogP contribution in [0.25, 0.3) is 11.0 Å². The molecule has 3 aromatic rings. The van der Waals surface area contributed by atoms with Crippen molar-refractivity contribution in [2.75, 3.05) is 0 Å². The molecule has 0 fully saturated rings. The molecule has 1 aromatic carbocycles. The Labute approximate surface area is 116 Å². The predicted octanol–water partition coefficient (Wildman–Crippen LogP) is 3.81. The SMILES string of the molecule is OC(c1cc2cccc(Br)c2o1)c1ccncc1F. The van der Waals surface area contributed by atoms with E-state index in [1.165, 1.54) is 12.3 Å². The lowest BCUT2D eigenvalue weighted by molar-refractivity contribution is 0.187. The van der Waals surface area contributed by atoms with Crippen molar-refractivity contribution in [1.29, 1.82) is 0 Å². The summed E-state index contributed by atoms with van der Waals surface area (Å²) in [4.78, 5) is 3.65. The van der Waals surface area contributed by atoms with E-state index in [2.05, 4.69) is 20.9 Å². The molecule has 2 heterocycles.